The molecule has 1 amide bonds. The smallest absolute Gasteiger partial charge is 0.303 e. The number of benzene rings is 1. The van der Waals surface area contributed by atoms with Crippen LogP contribution in [0.4, 0.5) is 5.69 Å². The third kappa shape index (κ3) is 5.82. The number of carbonyl (C=O) groups is 2. The monoisotopic (exact) mass is 328 g/mol. The summed E-state index contributed by atoms with van der Waals surface area (Å²) in [5, 5.41) is 11.2. The van der Waals surface area contributed by atoms with Crippen LogP contribution in [0.15, 0.2) is 29.2 Å². The second-order valence-electron chi connectivity index (χ2n) is 5.59. The molecule has 0 saturated heterocycles. The summed E-state index contributed by atoms with van der Waals surface area (Å²) in [7, 11) is -3.77. The van der Waals surface area contributed by atoms with Crippen LogP contribution in [0.2, 0.25) is 0 Å². The Morgan fingerprint density at radius 3 is 2.18 bits per heavy atom. The number of hydrogen-bond acceptors (Lipinski definition) is 4. The van der Waals surface area contributed by atoms with Crippen LogP contribution >= 0.6 is 0 Å². The van der Waals surface area contributed by atoms with Gasteiger partial charge in [-0.2, -0.15) is 0 Å². The molecule has 0 unspecified atom stereocenters. The van der Waals surface area contributed by atoms with Gasteiger partial charge in [-0.25, -0.2) is 13.1 Å². The predicted molar refractivity (Wildman–Crippen MR) is 82.0 cm³/mol. The lowest BCUT2D eigenvalue weighted by Crippen LogP contribution is -2.43. The minimum Gasteiger partial charge on any atom is -0.481 e. The number of aliphatic carboxylic acids is 1. The molecular formula is C14H20N2O5S. The largest absolute Gasteiger partial charge is 0.481 e. The first kappa shape index (κ1) is 18.1. The van der Waals surface area contributed by atoms with E-state index in [1.54, 1.807) is 13.8 Å². The molecule has 0 saturated carbocycles. The van der Waals surface area contributed by atoms with Gasteiger partial charge in [0, 0.05) is 24.6 Å². The number of anilines is 1. The van der Waals surface area contributed by atoms with E-state index in [-0.39, 0.29) is 23.6 Å². The molecule has 1 aromatic carbocycles. The van der Waals surface area contributed by atoms with E-state index in [9.17, 15) is 18.0 Å². The molecule has 0 heterocycles. The van der Waals surface area contributed by atoms with E-state index >= 15 is 0 Å². The van der Waals surface area contributed by atoms with E-state index in [1.165, 1.54) is 31.2 Å². The van der Waals surface area contributed by atoms with Crippen molar-refractivity contribution >= 4 is 27.6 Å². The van der Waals surface area contributed by atoms with E-state index in [0.717, 1.165) is 0 Å². The average Bonchev–Trinajstić information content (AvgIpc) is 2.35. The number of carboxylic acid groups (broad SMARTS) is 1. The number of amides is 1. The Balaban J connectivity index is 2.85. The maximum absolute atomic E-state index is 12.3. The second kappa shape index (κ2) is 6.89. The van der Waals surface area contributed by atoms with Crippen molar-refractivity contribution in [3.8, 4) is 0 Å². The van der Waals surface area contributed by atoms with Crippen LogP contribution in [0.1, 0.15) is 33.6 Å². The van der Waals surface area contributed by atoms with Crippen LogP contribution < -0.4 is 10.0 Å². The molecule has 0 radical (unpaired) electrons. The lowest BCUT2D eigenvalue weighted by Gasteiger charge is -2.25. The van der Waals surface area contributed by atoms with Gasteiger partial charge in [0.1, 0.15) is 0 Å². The van der Waals surface area contributed by atoms with Crippen molar-refractivity contribution in [2.45, 2.75) is 44.0 Å². The van der Waals surface area contributed by atoms with Gasteiger partial charge in [0.15, 0.2) is 0 Å². The van der Waals surface area contributed by atoms with Crippen molar-refractivity contribution in [3.05, 3.63) is 24.3 Å². The van der Waals surface area contributed by atoms with Crippen LogP contribution in [0.3, 0.4) is 0 Å². The van der Waals surface area contributed by atoms with Gasteiger partial charge in [-0.05, 0) is 44.5 Å². The van der Waals surface area contributed by atoms with Gasteiger partial charge >= 0.3 is 5.97 Å². The summed E-state index contributed by atoms with van der Waals surface area (Å²) in [5.74, 6) is -1.23. The number of carbonyl (C=O) groups excluding carboxylic acids is 1. The molecule has 7 nitrogen and oxygen atoms in total. The van der Waals surface area contributed by atoms with Crippen molar-refractivity contribution in [1.29, 1.82) is 0 Å². The molecule has 0 spiro atoms. The molecule has 0 atom stereocenters. The lowest BCUT2D eigenvalue weighted by atomic mass is 10.0. The third-order valence-corrected chi connectivity index (χ3v) is 4.57. The molecule has 0 aliphatic heterocycles. The zero-order chi connectivity index (χ0) is 17.0. The number of sulfonamides is 1. The van der Waals surface area contributed by atoms with Gasteiger partial charge in [0.05, 0.1) is 4.90 Å². The van der Waals surface area contributed by atoms with Crippen LogP contribution in [-0.4, -0.2) is 30.9 Å². The highest BCUT2D eigenvalue weighted by Gasteiger charge is 2.26. The van der Waals surface area contributed by atoms with Crippen molar-refractivity contribution in [2.75, 3.05) is 5.32 Å². The fraction of sp³-hybridized carbons (Fsp3) is 0.429. The van der Waals surface area contributed by atoms with Gasteiger partial charge in [-0.1, -0.05) is 0 Å². The molecule has 0 aromatic heterocycles. The summed E-state index contributed by atoms with van der Waals surface area (Å²) in [6, 6.07) is 5.72. The number of rotatable bonds is 7. The van der Waals surface area contributed by atoms with Crippen LogP contribution in [0.5, 0.6) is 0 Å². The molecule has 1 rings (SSSR count). The maximum Gasteiger partial charge on any atom is 0.303 e. The standard InChI is InChI=1S/C14H20N2O5S/c1-10(17)15-11-4-6-12(7-5-11)22(20,21)16-14(2,3)9-8-13(18)19/h4-7,16H,8-9H2,1-3H3,(H,15,17)(H,18,19). The van der Waals surface area contributed by atoms with Crippen LogP contribution in [0.25, 0.3) is 0 Å². The van der Waals surface area contributed by atoms with Crippen LogP contribution in [0, 0.1) is 0 Å². The SMILES string of the molecule is CC(=O)Nc1ccc(S(=O)(=O)NC(C)(C)CCC(=O)O)cc1. The number of hydrogen-bond donors (Lipinski definition) is 3. The molecule has 22 heavy (non-hydrogen) atoms. The van der Waals surface area contributed by atoms with Gasteiger partial charge in [0.2, 0.25) is 15.9 Å². The summed E-state index contributed by atoms with van der Waals surface area (Å²) < 4.78 is 27.0. The molecule has 0 aliphatic rings. The van der Waals surface area contributed by atoms with Gasteiger partial charge in [0.25, 0.3) is 0 Å². The average molecular weight is 328 g/mol. The molecule has 3 N–H and O–H groups in total. The molecule has 8 heteroatoms. The molecule has 1 aromatic rings. The van der Waals surface area contributed by atoms with E-state index < -0.39 is 21.5 Å². The summed E-state index contributed by atoms with van der Waals surface area (Å²) >= 11 is 0. The zero-order valence-electron chi connectivity index (χ0n) is 12.7. The minimum absolute atomic E-state index is 0.0463. The predicted octanol–water partition coefficient (Wildman–Crippen LogP) is 1.57. The first-order chi connectivity index (χ1) is 10.0. The van der Waals surface area contributed by atoms with Crippen molar-refractivity contribution in [3.63, 3.8) is 0 Å². The van der Waals surface area contributed by atoms with E-state index in [1.807, 2.05) is 0 Å². The van der Waals surface area contributed by atoms with Gasteiger partial charge < -0.3 is 10.4 Å². The highest BCUT2D eigenvalue weighted by Crippen LogP contribution is 2.19. The molecule has 122 valence electrons. The maximum atomic E-state index is 12.3. The Hall–Kier alpha value is -1.93. The highest BCUT2D eigenvalue weighted by atomic mass is 32.2. The minimum atomic E-state index is -3.77. The molecule has 0 bridgehead atoms. The Labute approximate surface area is 129 Å². The lowest BCUT2D eigenvalue weighted by molar-refractivity contribution is -0.137. The van der Waals surface area contributed by atoms with Crippen molar-refractivity contribution in [1.82, 2.24) is 4.72 Å². The summed E-state index contributed by atoms with van der Waals surface area (Å²) in [5.41, 5.74) is -0.385. The number of nitrogens with one attached hydrogen (secondary N) is 2. The first-order valence-corrected chi connectivity index (χ1v) is 8.14. The second-order valence-corrected chi connectivity index (χ2v) is 7.27. The fourth-order valence-corrected chi connectivity index (χ4v) is 3.26. The Morgan fingerprint density at radius 1 is 1.18 bits per heavy atom. The van der Waals surface area contributed by atoms with Crippen molar-refractivity contribution in [2.24, 2.45) is 0 Å². The Bertz CT molecular complexity index is 650. The van der Waals surface area contributed by atoms with E-state index in [0.29, 0.717) is 5.69 Å². The van der Waals surface area contributed by atoms with Gasteiger partial charge in [-0.15, -0.1) is 0 Å². The van der Waals surface area contributed by atoms with E-state index in [4.69, 9.17) is 5.11 Å². The fourth-order valence-electron chi connectivity index (χ4n) is 1.81. The topological polar surface area (TPSA) is 113 Å². The normalized spacial score (nSPS) is 12.0. The Kier molecular flexibility index (Phi) is 5.67. The summed E-state index contributed by atoms with van der Waals surface area (Å²) in [6.07, 6.45) is 0.0442. The Morgan fingerprint density at radius 2 is 1.73 bits per heavy atom. The summed E-state index contributed by atoms with van der Waals surface area (Å²) in [6.45, 7) is 4.61. The highest BCUT2D eigenvalue weighted by molar-refractivity contribution is 7.89. The summed E-state index contributed by atoms with van der Waals surface area (Å²) in [4.78, 5) is 21.6. The number of carboxylic acids is 1. The molecular weight excluding hydrogens is 308 g/mol. The van der Waals surface area contributed by atoms with Crippen LogP contribution in [-0.2, 0) is 19.6 Å². The molecule has 0 aliphatic carbocycles. The molecule has 0 fully saturated rings. The van der Waals surface area contributed by atoms with Crippen molar-refractivity contribution < 1.29 is 23.1 Å². The first-order valence-electron chi connectivity index (χ1n) is 6.65. The van der Waals surface area contributed by atoms with Gasteiger partial charge in [-0.3, -0.25) is 9.59 Å². The zero-order valence-corrected chi connectivity index (χ0v) is 13.5. The van der Waals surface area contributed by atoms with E-state index in [2.05, 4.69) is 10.0 Å². The quantitative estimate of drug-likeness (QED) is 0.703. The third-order valence-electron chi connectivity index (χ3n) is 2.86.